The highest BCUT2D eigenvalue weighted by molar-refractivity contribution is 5.69. The molecule has 2 N–H and O–H groups in total. The molecule has 0 aliphatic heterocycles. The van der Waals surface area contributed by atoms with E-state index < -0.39 is 0 Å². The Balaban J connectivity index is 2.30. The van der Waals surface area contributed by atoms with Crippen LogP contribution < -0.4 is 5.73 Å². The van der Waals surface area contributed by atoms with E-state index in [0.717, 1.165) is 17.8 Å². The minimum absolute atomic E-state index is 0.612. The first-order valence-electron chi connectivity index (χ1n) is 7.36. The minimum atomic E-state index is 0.612. The van der Waals surface area contributed by atoms with Crippen molar-refractivity contribution in [2.75, 3.05) is 6.54 Å². The van der Waals surface area contributed by atoms with E-state index >= 15 is 0 Å². The van der Waals surface area contributed by atoms with Crippen molar-refractivity contribution < 1.29 is 0 Å². The first-order valence-corrected chi connectivity index (χ1v) is 7.36. The molecule has 2 aromatic heterocycles. The normalized spacial score (nSPS) is 11.2. The summed E-state index contributed by atoms with van der Waals surface area (Å²) in [5.74, 6) is 0. The SMILES string of the molecule is Cc1ccc(-c2c(CCN)nc3c(C)cccn23)cc1C. The van der Waals surface area contributed by atoms with Crippen molar-refractivity contribution in [1.82, 2.24) is 9.38 Å². The molecule has 3 nitrogen and oxygen atoms in total. The third kappa shape index (κ3) is 2.34. The van der Waals surface area contributed by atoms with Gasteiger partial charge in [-0.15, -0.1) is 0 Å². The number of nitrogens with two attached hydrogens (primary N) is 1. The van der Waals surface area contributed by atoms with E-state index in [4.69, 9.17) is 10.7 Å². The Labute approximate surface area is 125 Å². The smallest absolute Gasteiger partial charge is 0.140 e. The Morgan fingerprint density at radius 2 is 1.86 bits per heavy atom. The van der Waals surface area contributed by atoms with Crippen molar-refractivity contribution in [3.63, 3.8) is 0 Å². The van der Waals surface area contributed by atoms with Crippen LogP contribution in [0.1, 0.15) is 22.4 Å². The molecule has 3 heteroatoms. The predicted octanol–water partition coefficient (Wildman–Crippen LogP) is 3.43. The summed E-state index contributed by atoms with van der Waals surface area (Å²) in [5, 5.41) is 0. The number of rotatable bonds is 3. The van der Waals surface area contributed by atoms with Gasteiger partial charge in [-0.1, -0.05) is 18.2 Å². The number of nitrogens with zero attached hydrogens (tertiary/aromatic N) is 2. The van der Waals surface area contributed by atoms with Gasteiger partial charge in [-0.25, -0.2) is 4.98 Å². The average molecular weight is 279 g/mol. The zero-order valence-electron chi connectivity index (χ0n) is 12.9. The molecule has 2 heterocycles. The van der Waals surface area contributed by atoms with Crippen LogP contribution in [0.25, 0.3) is 16.9 Å². The summed E-state index contributed by atoms with van der Waals surface area (Å²) in [4.78, 5) is 4.81. The maximum atomic E-state index is 5.77. The third-order valence-electron chi connectivity index (χ3n) is 4.08. The van der Waals surface area contributed by atoms with Gasteiger partial charge in [0.15, 0.2) is 0 Å². The fourth-order valence-electron chi connectivity index (χ4n) is 2.76. The highest BCUT2D eigenvalue weighted by atomic mass is 15.0. The highest BCUT2D eigenvalue weighted by Gasteiger charge is 2.15. The number of pyridine rings is 1. The van der Waals surface area contributed by atoms with Gasteiger partial charge in [0, 0.05) is 18.2 Å². The summed E-state index contributed by atoms with van der Waals surface area (Å²) in [6.07, 6.45) is 2.88. The molecule has 0 saturated carbocycles. The fraction of sp³-hybridized carbons (Fsp3) is 0.278. The van der Waals surface area contributed by atoms with Crippen molar-refractivity contribution in [2.24, 2.45) is 5.73 Å². The maximum absolute atomic E-state index is 5.77. The van der Waals surface area contributed by atoms with E-state index in [1.165, 1.54) is 27.9 Å². The second-order valence-corrected chi connectivity index (χ2v) is 5.63. The molecule has 3 aromatic rings. The summed E-state index contributed by atoms with van der Waals surface area (Å²) in [5.41, 5.74) is 14.0. The topological polar surface area (TPSA) is 43.3 Å². The van der Waals surface area contributed by atoms with Crippen LogP contribution in [0, 0.1) is 20.8 Å². The van der Waals surface area contributed by atoms with Crippen LogP contribution in [0.3, 0.4) is 0 Å². The molecule has 0 aliphatic carbocycles. The summed E-state index contributed by atoms with van der Waals surface area (Å²) in [7, 11) is 0. The van der Waals surface area contributed by atoms with Gasteiger partial charge >= 0.3 is 0 Å². The lowest BCUT2D eigenvalue weighted by Gasteiger charge is -2.08. The summed E-state index contributed by atoms with van der Waals surface area (Å²) in [6.45, 7) is 6.99. The van der Waals surface area contributed by atoms with Gasteiger partial charge in [0.1, 0.15) is 5.65 Å². The molecule has 0 saturated heterocycles. The monoisotopic (exact) mass is 279 g/mol. The molecular weight excluding hydrogens is 258 g/mol. The number of aryl methyl sites for hydroxylation is 3. The number of fused-ring (bicyclic) bond motifs is 1. The standard InChI is InChI=1S/C18H21N3/c1-12-6-7-15(11-14(12)3)17-16(8-9-19)20-18-13(2)5-4-10-21(17)18/h4-7,10-11H,8-9,19H2,1-3H3. The van der Waals surface area contributed by atoms with Crippen molar-refractivity contribution in [3.8, 4) is 11.3 Å². The second-order valence-electron chi connectivity index (χ2n) is 5.63. The molecule has 0 unspecified atom stereocenters. The average Bonchev–Trinajstić information content (AvgIpc) is 2.82. The van der Waals surface area contributed by atoms with Crippen LogP contribution in [0.4, 0.5) is 0 Å². The molecular formula is C18H21N3. The molecule has 0 radical (unpaired) electrons. The largest absolute Gasteiger partial charge is 0.330 e. The molecule has 1 aromatic carbocycles. The molecule has 108 valence electrons. The van der Waals surface area contributed by atoms with Crippen molar-refractivity contribution in [3.05, 3.63) is 58.9 Å². The summed E-state index contributed by atoms with van der Waals surface area (Å²) >= 11 is 0. The first-order chi connectivity index (χ1) is 10.1. The molecule has 0 aliphatic rings. The van der Waals surface area contributed by atoms with Crippen molar-refractivity contribution in [1.29, 1.82) is 0 Å². The molecule has 0 bridgehead atoms. The van der Waals surface area contributed by atoms with Crippen molar-refractivity contribution >= 4 is 5.65 Å². The van der Waals surface area contributed by atoms with E-state index in [9.17, 15) is 0 Å². The Morgan fingerprint density at radius 1 is 1.05 bits per heavy atom. The van der Waals surface area contributed by atoms with Gasteiger partial charge in [0.25, 0.3) is 0 Å². The zero-order chi connectivity index (χ0) is 15.0. The summed E-state index contributed by atoms with van der Waals surface area (Å²) < 4.78 is 2.18. The van der Waals surface area contributed by atoms with E-state index in [0.29, 0.717) is 6.54 Å². The second kappa shape index (κ2) is 5.34. The van der Waals surface area contributed by atoms with Gasteiger partial charge in [0.05, 0.1) is 11.4 Å². The quantitative estimate of drug-likeness (QED) is 0.798. The molecule has 0 spiro atoms. The van der Waals surface area contributed by atoms with Crippen LogP contribution >= 0.6 is 0 Å². The van der Waals surface area contributed by atoms with E-state index in [-0.39, 0.29) is 0 Å². The van der Waals surface area contributed by atoms with Gasteiger partial charge in [-0.2, -0.15) is 0 Å². The van der Waals surface area contributed by atoms with Gasteiger partial charge in [-0.3, -0.25) is 4.40 Å². The lowest BCUT2D eigenvalue weighted by Crippen LogP contribution is -2.04. The fourth-order valence-corrected chi connectivity index (χ4v) is 2.76. The summed E-state index contributed by atoms with van der Waals surface area (Å²) in [6, 6.07) is 10.8. The van der Waals surface area contributed by atoms with Crippen LogP contribution in [0.15, 0.2) is 36.5 Å². The van der Waals surface area contributed by atoms with Crippen LogP contribution in [-0.2, 0) is 6.42 Å². The van der Waals surface area contributed by atoms with E-state index in [1.54, 1.807) is 0 Å². The Kier molecular flexibility index (Phi) is 3.52. The lowest BCUT2D eigenvalue weighted by molar-refractivity contribution is 0.939. The molecule has 3 rings (SSSR count). The van der Waals surface area contributed by atoms with E-state index in [2.05, 4.69) is 61.7 Å². The van der Waals surface area contributed by atoms with Gasteiger partial charge < -0.3 is 5.73 Å². The minimum Gasteiger partial charge on any atom is -0.330 e. The Hall–Kier alpha value is -2.13. The maximum Gasteiger partial charge on any atom is 0.140 e. The number of hydrogen-bond donors (Lipinski definition) is 1. The third-order valence-corrected chi connectivity index (χ3v) is 4.08. The van der Waals surface area contributed by atoms with Crippen LogP contribution in [0.5, 0.6) is 0 Å². The number of benzene rings is 1. The Morgan fingerprint density at radius 3 is 2.57 bits per heavy atom. The number of imidazole rings is 1. The van der Waals surface area contributed by atoms with Crippen molar-refractivity contribution in [2.45, 2.75) is 27.2 Å². The Bertz CT molecular complexity index is 800. The zero-order valence-corrected chi connectivity index (χ0v) is 12.9. The van der Waals surface area contributed by atoms with E-state index in [1.807, 2.05) is 0 Å². The van der Waals surface area contributed by atoms with Gasteiger partial charge in [-0.05, 0) is 56.1 Å². The number of aromatic nitrogens is 2. The molecule has 21 heavy (non-hydrogen) atoms. The lowest BCUT2D eigenvalue weighted by atomic mass is 10.0. The van der Waals surface area contributed by atoms with Crippen LogP contribution in [0.2, 0.25) is 0 Å². The molecule has 0 fully saturated rings. The van der Waals surface area contributed by atoms with Crippen LogP contribution in [-0.4, -0.2) is 15.9 Å². The molecule has 0 atom stereocenters. The predicted molar refractivity (Wildman–Crippen MR) is 87.6 cm³/mol. The molecule has 0 amide bonds. The highest BCUT2D eigenvalue weighted by Crippen LogP contribution is 2.28. The first kappa shape index (κ1) is 13.8. The number of hydrogen-bond acceptors (Lipinski definition) is 2. The van der Waals surface area contributed by atoms with Gasteiger partial charge in [0.2, 0.25) is 0 Å².